The first-order valence-electron chi connectivity index (χ1n) is 4.03. The fourth-order valence-electron chi connectivity index (χ4n) is 0.583. The van der Waals surface area contributed by atoms with Crippen LogP contribution < -0.4 is 5.43 Å². The molecule has 0 amide bonds. The molecule has 0 spiro atoms. The van der Waals surface area contributed by atoms with E-state index in [9.17, 15) is 9.59 Å². The van der Waals surface area contributed by atoms with Crippen LogP contribution in [0.3, 0.4) is 0 Å². The molecule has 1 aromatic rings. The van der Waals surface area contributed by atoms with Crippen molar-refractivity contribution in [3.63, 3.8) is 0 Å². The number of nitrogens with one attached hydrogen (secondary N) is 1. The summed E-state index contributed by atoms with van der Waals surface area (Å²) in [5, 5.41) is 8.35. The van der Waals surface area contributed by atoms with Crippen LogP contribution in [0.4, 0.5) is 0 Å². The molecule has 0 saturated heterocycles. The molecule has 4 heteroatoms. The van der Waals surface area contributed by atoms with Crippen LogP contribution in [0.2, 0.25) is 0 Å². The smallest absolute Gasteiger partial charge is 0.341 e. The minimum atomic E-state index is -1.21. The Labute approximate surface area is 76.2 Å². The predicted molar refractivity (Wildman–Crippen MR) is 50.0 cm³/mol. The molecule has 13 heavy (non-hydrogen) atoms. The summed E-state index contributed by atoms with van der Waals surface area (Å²) in [5.41, 5.74) is -0.714. The van der Waals surface area contributed by atoms with Gasteiger partial charge in [0, 0.05) is 18.5 Å². The third-order valence-electron chi connectivity index (χ3n) is 1.05. The van der Waals surface area contributed by atoms with Gasteiger partial charge in [-0.15, -0.1) is 0 Å². The Bertz CT molecular complexity index is 317. The number of carboxylic acid groups (broad SMARTS) is 1. The van der Waals surface area contributed by atoms with Gasteiger partial charge in [-0.25, -0.2) is 4.79 Å². The van der Waals surface area contributed by atoms with Crippen molar-refractivity contribution >= 4 is 5.97 Å². The first-order chi connectivity index (χ1) is 6.13. The molecule has 4 nitrogen and oxygen atoms in total. The fourth-order valence-corrected chi connectivity index (χ4v) is 0.583. The SMILES string of the molecule is CCC.O=C(O)c1c[nH]ccc1=O. The maximum atomic E-state index is 10.7. The third-order valence-corrected chi connectivity index (χ3v) is 1.05. The molecule has 0 aliphatic rings. The number of aromatic amines is 1. The van der Waals surface area contributed by atoms with Crippen molar-refractivity contribution in [3.8, 4) is 0 Å². The monoisotopic (exact) mass is 183 g/mol. The van der Waals surface area contributed by atoms with E-state index in [1.165, 1.54) is 18.7 Å². The van der Waals surface area contributed by atoms with Crippen molar-refractivity contribution in [1.29, 1.82) is 0 Å². The van der Waals surface area contributed by atoms with Crippen LogP contribution in [-0.4, -0.2) is 16.1 Å². The molecule has 0 saturated carbocycles. The van der Waals surface area contributed by atoms with Crippen molar-refractivity contribution < 1.29 is 9.90 Å². The van der Waals surface area contributed by atoms with Crippen LogP contribution in [-0.2, 0) is 0 Å². The minimum Gasteiger partial charge on any atom is -0.477 e. The molecule has 1 heterocycles. The van der Waals surface area contributed by atoms with E-state index in [0.29, 0.717) is 0 Å². The maximum Gasteiger partial charge on any atom is 0.341 e. The van der Waals surface area contributed by atoms with E-state index in [2.05, 4.69) is 18.8 Å². The Morgan fingerprint density at radius 3 is 2.38 bits per heavy atom. The van der Waals surface area contributed by atoms with Crippen LogP contribution >= 0.6 is 0 Å². The second-order valence-corrected chi connectivity index (χ2v) is 2.43. The molecule has 2 N–H and O–H groups in total. The van der Waals surface area contributed by atoms with Crippen LogP contribution in [0.1, 0.15) is 30.6 Å². The predicted octanol–water partition coefficient (Wildman–Crippen LogP) is 1.49. The number of rotatable bonds is 1. The zero-order chi connectivity index (χ0) is 10.3. The van der Waals surface area contributed by atoms with Crippen LogP contribution in [0.25, 0.3) is 0 Å². The van der Waals surface area contributed by atoms with Crippen LogP contribution in [0.15, 0.2) is 23.3 Å². The lowest BCUT2D eigenvalue weighted by Gasteiger charge is -1.88. The molecule has 1 aromatic heterocycles. The van der Waals surface area contributed by atoms with Gasteiger partial charge in [-0.3, -0.25) is 4.79 Å². The standard InChI is InChI=1S/C6H5NO3.C3H8/c8-5-1-2-7-3-4(5)6(9)10;1-3-2/h1-3H,(H,7,8)(H,9,10);3H2,1-2H3. The number of aromatic carboxylic acids is 1. The second-order valence-electron chi connectivity index (χ2n) is 2.43. The fraction of sp³-hybridized carbons (Fsp3) is 0.333. The number of hydrogen-bond donors (Lipinski definition) is 2. The Kier molecular flexibility index (Phi) is 5.27. The highest BCUT2D eigenvalue weighted by atomic mass is 16.4. The van der Waals surface area contributed by atoms with E-state index in [1.54, 1.807) is 0 Å². The quantitative estimate of drug-likeness (QED) is 0.692. The first-order valence-corrected chi connectivity index (χ1v) is 4.03. The third kappa shape index (κ3) is 4.10. The molecule has 72 valence electrons. The van der Waals surface area contributed by atoms with Gasteiger partial charge in [0.25, 0.3) is 0 Å². The lowest BCUT2D eigenvalue weighted by Crippen LogP contribution is -2.12. The van der Waals surface area contributed by atoms with Crippen LogP contribution in [0, 0.1) is 0 Å². The highest BCUT2D eigenvalue weighted by Gasteiger charge is 2.04. The summed E-state index contributed by atoms with van der Waals surface area (Å²) in [6.07, 6.45) is 3.79. The molecule has 1 rings (SSSR count). The number of hydrogen-bond acceptors (Lipinski definition) is 2. The topological polar surface area (TPSA) is 70.2 Å². The number of carbonyl (C=O) groups is 1. The average Bonchev–Trinajstić information content (AvgIpc) is 2.06. The number of aromatic nitrogens is 1. The molecule has 0 aliphatic heterocycles. The summed E-state index contributed by atoms with van der Waals surface area (Å²) < 4.78 is 0. The Balaban J connectivity index is 0.000000424. The van der Waals surface area contributed by atoms with Crippen molar-refractivity contribution in [3.05, 3.63) is 34.2 Å². The zero-order valence-corrected chi connectivity index (χ0v) is 7.70. The summed E-state index contributed by atoms with van der Waals surface area (Å²) in [7, 11) is 0. The summed E-state index contributed by atoms with van der Waals surface area (Å²) in [5.74, 6) is -1.21. The van der Waals surface area contributed by atoms with Crippen LogP contribution in [0.5, 0.6) is 0 Å². The van der Waals surface area contributed by atoms with Gasteiger partial charge in [-0.2, -0.15) is 0 Å². The minimum absolute atomic E-state index is 0.234. The molecule has 0 fully saturated rings. The molecule has 0 bridgehead atoms. The van der Waals surface area contributed by atoms with Crippen molar-refractivity contribution in [2.75, 3.05) is 0 Å². The zero-order valence-electron chi connectivity index (χ0n) is 7.70. The Morgan fingerprint density at radius 2 is 2.08 bits per heavy atom. The largest absolute Gasteiger partial charge is 0.477 e. The maximum absolute atomic E-state index is 10.7. The van der Waals surface area contributed by atoms with Gasteiger partial charge in [-0.1, -0.05) is 20.3 Å². The van der Waals surface area contributed by atoms with Crippen molar-refractivity contribution in [2.24, 2.45) is 0 Å². The average molecular weight is 183 g/mol. The molecular weight excluding hydrogens is 170 g/mol. The van der Waals surface area contributed by atoms with E-state index in [4.69, 9.17) is 5.11 Å². The van der Waals surface area contributed by atoms with Gasteiger partial charge < -0.3 is 10.1 Å². The summed E-state index contributed by atoms with van der Waals surface area (Å²) in [4.78, 5) is 23.4. The molecule has 0 aliphatic carbocycles. The van der Waals surface area contributed by atoms with Crippen molar-refractivity contribution in [2.45, 2.75) is 20.3 Å². The Morgan fingerprint density at radius 1 is 1.54 bits per heavy atom. The highest BCUT2D eigenvalue weighted by molar-refractivity contribution is 5.86. The molecule has 0 radical (unpaired) electrons. The lowest BCUT2D eigenvalue weighted by molar-refractivity contribution is 0.0695. The van der Waals surface area contributed by atoms with Crippen molar-refractivity contribution in [1.82, 2.24) is 4.98 Å². The number of pyridine rings is 1. The number of carboxylic acids is 1. The molecular formula is C9H13NO3. The van der Waals surface area contributed by atoms with E-state index in [1.807, 2.05) is 0 Å². The molecule has 0 atom stereocenters. The van der Waals surface area contributed by atoms with Gasteiger partial charge in [-0.05, 0) is 0 Å². The van der Waals surface area contributed by atoms with Gasteiger partial charge in [0.15, 0.2) is 5.43 Å². The van der Waals surface area contributed by atoms with E-state index >= 15 is 0 Å². The highest BCUT2D eigenvalue weighted by Crippen LogP contribution is 1.85. The van der Waals surface area contributed by atoms with E-state index in [0.717, 1.165) is 6.20 Å². The first kappa shape index (κ1) is 11.4. The van der Waals surface area contributed by atoms with Gasteiger partial charge in [0.05, 0.1) is 0 Å². The van der Waals surface area contributed by atoms with Gasteiger partial charge in [0.2, 0.25) is 0 Å². The van der Waals surface area contributed by atoms with Gasteiger partial charge in [0.1, 0.15) is 5.56 Å². The molecule has 0 aromatic carbocycles. The summed E-state index contributed by atoms with van der Waals surface area (Å²) in [6, 6.07) is 1.17. The van der Waals surface area contributed by atoms with E-state index in [-0.39, 0.29) is 5.56 Å². The lowest BCUT2D eigenvalue weighted by atomic mass is 10.3. The normalized spacial score (nSPS) is 8.46. The molecule has 0 unspecified atom stereocenters. The van der Waals surface area contributed by atoms with E-state index < -0.39 is 11.4 Å². The summed E-state index contributed by atoms with van der Waals surface area (Å²) >= 11 is 0. The second kappa shape index (κ2) is 5.99. The number of H-pyrrole nitrogens is 1. The summed E-state index contributed by atoms with van der Waals surface area (Å²) in [6.45, 7) is 4.25. The Hall–Kier alpha value is -1.58. The van der Waals surface area contributed by atoms with Gasteiger partial charge >= 0.3 is 5.97 Å².